The van der Waals surface area contributed by atoms with Gasteiger partial charge in [0.15, 0.2) is 0 Å². The summed E-state index contributed by atoms with van der Waals surface area (Å²) in [5, 5.41) is 0. The molecular weight excluding hydrogens is 340 g/mol. The minimum atomic E-state index is -0.229. The standard InChI is InChI=1S/C22H28N2O3/c1-27-17-11-9-16(10-12-17)24-21(25)15-19(22(24)26)18-7-3-4-8-20(18)23-13-5-2-6-14-23/h8-12,18-19H,2-7,13-15H2,1H3/t18-,19-/m0/s1. The zero-order chi connectivity index (χ0) is 18.8. The van der Waals surface area contributed by atoms with Crippen molar-refractivity contribution in [1.29, 1.82) is 0 Å². The van der Waals surface area contributed by atoms with Crippen LogP contribution in [0, 0.1) is 11.8 Å². The summed E-state index contributed by atoms with van der Waals surface area (Å²) in [6, 6.07) is 7.17. The highest BCUT2D eigenvalue weighted by Crippen LogP contribution is 2.41. The van der Waals surface area contributed by atoms with E-state index in [-0.39, 0.29) is 23.7 Å². The second kappa shape index (κ2) is 7.75. The molecule has 2 amide bonds. The molecule has 5 heteroatoms. The van der Waals surface area contributed by atoms with E-state index in [1.165, 1.54) is 29.9 Å². The third kappa shape index (κ3) is 3.47. The molecule has 27 heavy (non-hydrogen) atoms. The number of carbonyl (C=O) groups is 2. The van der Waals surface area contributed by atoms with Gasteiger partial charge in [-0.2, -0.15) is 0 Å². The highest BCUT2D eigenvalue weighted by atomic mass is 16.5. The summed E-state index contributed by atoms with van der Waals surface area (Å²) in [7, 11) is 1.61. The maximum atomic E-state index is 13.2. The number of benzene rings is 1. The number of allylic oxidation sites excluding steroid dienone is 2. The fraction of sp³-hybridized carbons (Fsp3) is 0.545. The molecule has 0 radical (unpaired) electrons. The molecule has 0 N–H and O–H groups in total. The highest BCUT2D eigenvalue weighted by Gasteiger charge is 2.45. The predicted molar refractivity (Wildman–Crippen MR) is 104 cm³/mol. The summed E-state index contributed by atoms with van der Waals surface area (Å²) < 4.78 is 5.18. The van der Waals surface area contributed by atoms with Gasteiger partial charge in [0.25, 0.3) is 0 Å². The molecule has 1 aliphatic carbocycles. The Kier molecular flexibility index (Phi) is 5.19. The number of methoxy groups -OCH3 is 1. The third-order valence-electron chi connectivity index (χ3n) is 6.17. The monoisotopic (exact) mass is 368 g/mol. The lowest BCUT2D eigenvalue weighted by molar-refractivity contribution is -0.123. The van der Waals surface area contributed by atoms with Crippen LogP contribution in [0.25, 0.3) is 0 Å². The summed E-state index contributed by atoms with van der Waals surface area (Å²) >= 11 is 0. The van der Waals surface area contributed by atoms with Crippen LogP contribution in [0.15, 0.2) is 36.0 Å². The fourth-order valence-corrected chi connectivity index (χ4v) is 4.78. The predicted octanol–water partition coefficient (Wildman–Crippen LogP) is 3.74. The summed E-state index contributed by atoms with van der Waals surface area (Å²) in [6.07, 6.45) is 9.57. The first-order chi connectivity index (χ1) is 13.2. The Morgan fingerprint density at radius 1 is 0.963 bits per heavy atom. The molecule has 4 rings (SSSR count). The normalized spacial score (nSPS) is 26.3. The Morgan fingerprint density at radius 3 is 2.41 bits per heavy atom. The number of amides is 2. The van der Waals surface area contributed by atoms with Crippen molar-refractivity contribution in [2.24, 2.45) is 11.8 Å². The molecule has 144 valence electrons. The number of imide groups is 1. The molecule has 3 aliphatic rings. The van der Waals surface area contributed by atoms with Crippen molar-refractivity contribution in [2.45, 2.75) is 44.9 Å². The van der Waals surface area contributed by atoms with E-state index in [0.717, 1.165) is 38.1 Å². The molecule has 0 aromatic heterocycles. The average Bonchev–Trinajstić information content (AvgIpc) is 3.02. The van der Waals surface area contributed by atoms with E-state index in [0.29, 0.717) is 12.1 Å². The molecule has 0 saturated carbocycles. The zero-order valence-electron chi connectivity index (χ0n) is 16.0. The van der Waals surface area contributed by atoms with Crippen molar-refractivity contribution in [1.82, 2.24) is 4.90 Å². The number of nitrogens with zero attached hydrogens (tertiary/aromatic N) is 2. The average molecular weight is 368 g/mol. The number of piperidine rings is 1. The van der Waals surface area contributed by atoms with Crippen LogP contribution in [0.1, 0.15) is 44.9 Å². The van der Waals surface area contributed by atoms with Crippen molar-refractivity contribution in [3.63, 3.8) is 0 Å². The number of ether oxygens (including phenoxy) is 1. The van der Waals surface area contributed by atoms with Gasteiger partial charge in [0.2, 0.25) is 11.8 Å². The van der Waals surface area contributed by atoms with E-state index in [1.807, 2.05) is 0 Å². The van der Waals surface area contributed by atoms with Gasteiger partial charge < -0.3 is 9.64 Å². The summed E-state index contributed by atoms with van der Waals surface area (Å²) in [4.78, 5) is 29.8. The number of carbonyl (C=O) groups excluding carboxylic acids is 2. The molecule has 1 aromatic rings. The smallest absolute Gasteiger partial charge is 0.238 e. The second-order valence-corrected chi connectivity index (χ2v) is 7.79. The van der Waals surface area contributed by atoms with E-state index in [2.05, 4.69) is 11.0 Å². The van der Waals surface area contributed by atoms with Gasteiger partial charge in [0, 0.05) is 31.1 Å². The van der Waals surface area contributed by atoms with Crippen molar-refractivity contribution in [3.8, 4) is 5.75 Å². The Bertz CT molecular complexity index is 734. The Balaban J connectivity index is 1.56. The summed E-state index contributed by atoms with van der Waals surface area (Å²) in [6.45, 7) is 2.17. The van der Waals surface area contributed by atoms with Gasteiger partial charge in [0.05, 0.1) is 18.7 Å². The van der Waals surface area contributed by atoms with Crippen LogP contribution < -0.4 is 9.64 Å². The Morgan fingerprint density at radius 2 is 1.70 bits per heavy atom. The van der Waals surface area contributed by atoms with E-state index < -0.39 is 0 Å². The van der Waals surface area contributed by atoms with Gasteiger partial charge in [-0.1, -0.05) is 6.08 Å². The maximum absolute atomic E-state index is 13.2. The first kappa shape index (κ1) is 18.1. The van der Waals surface area contributed by atoms with Gasteiger partial charge >= 0.3 is 0 Å². The number of anilines is 1. The highest BCUT2D eigenvalue weighted by molar-refractivity contribution is 6.21. The van der Waals surface area contributed by atoms with Gasteiger partial charge in [0.1, 0.15) is 5.75 Å². The van der Waals surface area contributed by atoms with Crippen LogP contribution in [0.2, 0.25) is 0 Å². The molecule has 2 fully saturated rings. The van der Waals surface area contributed by atoms with Crippen LogP contribution in [-0.4, -0.2) is 36.9 Å². The molecule has 2 atom stereocenters. The minimum absolute atomic E-state index is 0.0417. The summed E-state index contributed by atoms with van der Waals surface area (Å²) in [5.41, 5.74) is 1.97. The van der Waals surface area contributed by atoms with E-state index in [4.69, 9.17) is 4.74 Å². The quantitative estimate of drug-likeness (QED) is 0.760. The third-order valence-corrected chi connectivity index (χ3v) is 6.17. The number of rotatable bonds is 4. The lowest BCUT2D eigenvalue weighted by atomic mass is 9.80. The lowest BCUT2D eigenvalue weighted by Gasteiger charge is -2.39. The van der Waals surface area contributed by atoms with E-state index in [1.54, 1.807) is 31.4 Å². The number of hydrogen-bond donors (Lipinski definition) is 0. The van der Waals surface area contributed by atoms with Gasteiger partial charge in [-0.05, 0) is 62.8 Å². The van der Waals surface area contributed by atoms with Gasteiger partial charge in [-0.3, -0.25) is 14.5 Å². The van der Waals surface area contributed by atoms with E-state index in [9.17, 15) is 9.59 Å². The topological polar surface area (TPSA) is 49.9 Å². The van der Waals surface area contributed by atoms with Crippen LogP contribution in [0.3, 0.4) is 0 Å². The van der Waals surface area contributed by atoms with Crippen molar-refractivity contribution in [3.05, 3.63) is 36.0 Å². The van der Waals surface area contributed by atoms with Crippen LogP contribution in [0.4, 0.5) is 5.69 Å². The molecule has 5 nitrogen and oxygen atoms in total. The molecule has 2 heterocycles. The first-order valence-corrected chi connectivity index (χ1v) is 10.1. The first-order valence-electron chi connectivity index (χ1n) is 10.1. The molecule has 0 bridgehead atoms. The molecule has 0 unspecified atom stereocenters. The fourth-order valence-electron chi connectivity index (χ4n) is 4.78. The zero-order valence-corrected chi connectivity index (χ0v) is 16.0. The SMILES string of the molecule is COc1ccc(N2C(=O)C[C@@H]([C@@H]3CCCC=C3N3CCCCC3)C2=O)cc1. The molecule has 2 aliphatic heterocycles. The van der Waals surface area contributed by atoms with Crippen molar-refractivity contribution in [2.75, 3.05) is 25.1 Å². The largest absolute Gasteiger partial charge is 0.497 e. The van der Waals surface area contributed by atoms with E-state index >= 15 is 0 Å². The number of likely N-dealkylation sites (tertiary alicyclic amines) is 1. The minimum Gasteiger partial charge on any atom is -0.497 e. The molecular formula is C22H28N2O3. The molecule has 1 aromatic carbocycles. The Hall–Kier alpha value is -2.30. The lowest BCUT2D eigenvalue weighted by Crippen LogP contribution is -2.38. The Labute approximate surface area is 161 Å². The summed E-state index contributed by atoms with van der Waals surface area (Å²) in [5.74, 6) is 0.542. The van der Waals surface area contributed by atoms with Gasteiger partial charge in [-0.15, -0.1) is 0 Å². The van der Waals surface area contributed by atoms with Crippen molar-refractivity contribution >= 4 is 17.5 Å². The molecule has 0 spiro atoms. The number of hydrogen-bond acceptors (Lipinski definition) is 4. The van der Waals surface area contributed by atoms with Crippen LogP contribution >= 0.6 is 0 Å². The van der Waals surface area contributed by atoms with Crippen LogP contribution in [0.5, 0.6) is 5.75 Å². The van der Waals surface area contributed by atoms with Crippen LogP contribution in [-0.2, 0) is 9.59 Å². The van der Waals surface area contributed by atoms with Crippen molar-refractivity contribution < 1.29 is 14.3 Å². The second-order valence-electron chi connectivity index (χ2n) is 7.79. The van der Waals surface area contributed by atoms with Gasteiger partial charge in [-0.25, -0.2) is 0 Å². The molecule has 2 saturated heterocycles. The maximum Gasteiger partial charge on any atom is 0.238 e.